The zero-order valence-electron chi connectivity index (χ0n) is 14.6. The minimum absolute atomic E-state index is 0.111. The predicted octanol–water partition coefficient (Wildman–Crippen LogP) is 3.22. The second-order valence-corrected chi connectivity index (χ2v) is 6.41. The molecule has 4 rings (SSSR count). The van der Waals surface area contributed by atoms with Crippen molar-refractivity contribution >= 4 is 17.4 Å². The van der Waals surface area contributed by atoms with Crippen LogP contribution in [0, 0.1) is 0 Å². The minimum Gasteiger partial charge on any atom is -0.359 e. The molecule has 1 aromatic carbocycles. The standard InChI is InChI=1S/C18H16F3N5O2/c19-18(20,21)12-3-1-4-13(9-12)23-17-14-10-25(8-5-15(14)28-24-17)16(27)11-26-7-2-6-22-26/h1-4,6-7,9H,5,8,10-11H2,(H,23,24). The van der Waals surface area contributed by atoms with Gasteiger partial charge in [0.15, 0.2) is 5.82 Å². The molecule has 28 heavy (non-hydrogen) atoms. The van der Waals surface area contributed by atoms with E-state index in [2.05, 4.69) is 15.6 Å². The normalized spacial score (nSPS) is 14.0. The number of aromatic nitrogens is 3. The van der Waals surface area contributed by atoms with E-state index in [0.717, 1.165) is 12.1 Å². The van der Waals surface area contributed by atoms with Gasteiger partial charge in [0.25, 0.3) is 0 Å². The number of amides is 1. The van der Waals surface area contributed by atoms with Gasteiger partial charge in [-0.25, -0.2) is 0 Å². The van der Waals surface area contributed by atoms with Crippen LogP contribution in [0.3, 0.4) is 0 Å². The smallest absolute Gasteiger partial charge is 0.359 e. The molecule has 2 aromatic heterocycles. The lowest BCUT2D eigenvalue weighted by Crippen LogP contribution is -2.37. The Hall–Kier alpha value is -3.30. The number of halogens is 3. The van der Waals surface area contributed by atoms with Crippen molar-refractivity contribution in [2.24, 2.45) is 0 Å². The van der Waals surface area contributed by atoms with E-state index >= 15 is 0 Å². The molecule has 1 N–H and O–H groups in total. The zero-order valence-corrected chi connectivity index (χ0v) is 14.6. The van der Waals surface area contributed by atoms with Gasteiger partial charge in [-0.3, -0.25) is 9.48 Å². The second kappa shape index (κ2) is 7.02. The first-order valence-corrected chi connectivity index (χ1v) is 8.57. The summed E-state index contributed by atoms with van der Waals surface area (Å²) in [4.78, 5) is 14.1. The van der Waals surface area contributed by atoms with E-state index in [1.807, 2.05) is 0 Å². The number of hydrogen-bond acceptors (Lipinski definition) is 5. The average Bonchev–Trinajstić information content (AvgIpc) is 3.31. The zero-order chi connectivity index (χ0) is 19.7. The van der Waals surface area contributed by atoms with Crippen LogP contribution >= 0.6 is 0 Å². The average molecular weight is 391 g/mol. The fourth-order valence-corrected chi connectivity index (χ4v) is 3.06. The molecule has 1 aliphatic rings. The first kappa shape index (κ1) is 18.1. The number of carbonyl (C=O) groups is 1. The van der Waals surface area contributed by atoms with Gasteiger partial charge in [0, 0.05) is 31.0 Å². The van der Waals surface area contributed by atoms with Crippen molar-refractivity contribution in [1.29, 1.82) is 0 Å². The maximum absolute atomic E-state index is 12.9. The molecule has 0 saturated heterocycles. The van der Waals surface area contributed by atoms with Crippen molar-refractivity contribution in [2.75, 3.05) is 11.9 Å². The number of rotatable bonds is 4. The number of benzene rings is 1. The van der Waals surface area contributed by atoms with E-state index < -0.39 is 11.7 Å². The van der Waals surface area contributed by atoms with Crippen molar-refractivity contribution in [3.05, 3.63) is 59.6 Å². The second-order valence-electron chi connectivity index (χ2n) is 6.41. The molecular weight excluding hydrogens is 375 g/mol. The molecule has 1 aliphatic heterocycles. The molecule has 0 radical (unpaired) electrons. The van der Waals surface area contributed by atoms with Crippen LogP contribution in [0.1, 0.15) is 16.9 Å². The summed E-state index contributed by atoms with van der Waals surface area (Å²) in [5.74, 6) is 0.823. The van der Waals surface area contributed by atoms with E-state index in [1.54, 1.807) is 23.4 Å². The first-order chi connectivity index (χ1) is 13.4. The highest BCUT2D eigenvalue weighted by Crippen LogP contribution is 2.33. The summed E-state index contributed by atoms with van der Waals surface area (Å²) >= 11 is 0. The van der Waals surface area contributed by atoms with E-state index in [0.29, 0.717) is 30.1 Å². The molecular formula is C18H16F3N5O2. The molecule has 0 bridgehead atoms. The highest BCUT2D eigenvalue weighted by atomic mass is 19.4. The van der Waals surface area contributed by atoms with Gasteiger partial charge in [0.1, 0.15) is 12.3 Å². The minimum atomic E-state index is -4.43. The van der Waals surface area contributed by atoms with Gasteiger partial charge >= 0.3 is 6.18 Å². The van der Waals surface area contributed by atoms with Gasteiger partial charge in [0.2, 0.25) is 5.91 Å². The fraction of sp³-hybridized carbons (Fsp3) is 0.278. The Kier molecular flexibility index (Phi) is 4.54. The molecule has 146 valence electrons. The summed E-state index contributed by atoms with van der Waals surface area (Å²) in [6.07, 6.45) is -0.653. The third-order valence-electron chi connectivity index (χ3n) is 4.49. The van der Waals surface area contributed by atoms with Gasteiger partial charge in [-0.15, -0.1) is 0 Å². The van der Waals surface area contributed by atoms with Crippen molar-refractivity contribution in [3.8, 4) is 0 Å². The molecule has 3 aromatic rings. The van der Waals surface area contributed by atoms with Crippen LogP contribution in [0.15, 0.2) is 47.2 Å². The molecule has 10 heteroatoms. The molecule has 0 fully saturated rings. The summed E-state index contributed by atoms with van der Waals surface area (Å²) in [5.41, 5.74) is 0.147. The molecule has 0 atom stereocenters. The molecule has 0 spiro atoms. The Bertz CT molecular complexity index is 982. The van der Waals surface area contributed by atoms with E-state index in [1.165, 1.54) is 16.8 Å². The number of alkyl halides is 3. The Morgan fingerprint density at radius 2 is 2.14 bits per heavy atom. The van der Waals surface area contributed by atoms with Crippen LogP contribution in [-0.2, 0) is 30.5 Å². The highest BCUT2D eigenvalue weighted by molar-refractivity contribution is 5.76. The topological polar surface area (TPSA) is 76.2 Å². The first-order valence-electron chi connectivity index (χ1n) is 8.57. The largest absolute Gasteiger partial charge is 0.416 e. The number of hydrogen-bond donors (Lipinski definition) is 1. The van der Waals surface area contributed by atoms with Crippen molar-refractivity contribution < 1.29 is 22.5 Å². The number of anilines is 2. The maximum atomic E-state index is 12.9. The van der Waals surface area contributed by atoms with Gasteiger partial charge in [0.05, 0.1) is 17.7 Å². The van der Waals surface area contributed by atoms with Crippen molar-refractivity contribution in [3.63, 3.8) is 0 Å². The Morgan fingerprint density at radius 1 is 1.29 bits per heavy atom. The van der Waals surface area contributed by atoms with Gasteiger partial charge in [-0.1, -0.05) is 11.2 Å². The summed E-state index contributed by atoms with van der Waals surface area (Å²) < 4.78 is 45.5. The molecule has 7 nitrogen and oxygen atoms in total. The third kappa shape index (κ3) is 3.71. The number of fused-ring (bicyclic) bond motifs is 1. The number of carbonyl (C=O) groups excluding carboxylic acids is 1. The Labute approximate surface area is 157 Å². The summed E-state index contributed by atoms with van der Waals surface area (Å²) in [7, 11) is 0. The number of nitrogens with zero attached hydrogens (tertiary/aromatic N) is 4. The van der Waals surface area contributed by atoms with E-state index in [9.17, 15) is 18.0 Å². The van der Waals surface area contributed by atoms with Crippen LogP contribution in [0.2, 0.25) is 0 Å². The lowest BCUT2D eigenvalue weighted by atomic mass is 10.1. The van der Waals surface area contributed by atoms with Gasteiger partial charge in [-0.05, 0) is 24.3 Å². The van der Waals surface area contributed by atoms with Gasteiger partial charge in [-0.2, -0.15) is 18.3 Å². The molecule has 3 heterocycles. The maximum Gasteiger partial charge on any atom is 0.416 e. The number of nitrogens with one attached hydrogen (secondary N) is 1. The van der Waals surface area contributed by atoms with Gasteiger partial charge < -0.3 is 14.7 Å². The summed E-state index contributed by atoms with van der Waals surface area (Å²) in [5, 5.41) is 10.8. The Balaban J connectivity index is 1.50. The quantitative estimate of drug-likeness (QED) is 0.739. The monoisotopic (exact) mass is 391 g/mol. The molecule has 0 aliphatic carbocycles. The van der Waals surface area contributed by atoms with E-state index in [4.69, 9.17) is 4.52 Å². The van der Waals surface area contributed by atoms with Crippen LogP contribution in [0.4, 0.5) is 24.7 Å². The van der Waals surface area contributed by atoms with Crippen LogP contribution in [-0.4, -0.2) is 32.3 Å². The van der Waals surface area contributed by atoms with Crippen LogP contribution < -0.4 is 5.32 Å². The summed E-state index contributed by atoms with van der Waals surface area (Å²) in [6.45, 7) is 0.857. The van der Waals surface area contributed by atoms with Crippen molar-refractivity contribution in [1.82, 2.24) is 19.8 Å². The lowest BCUT2D eigenvalue weighted by molar-refractivity contribution is -0.137. The lowest BCUT2D eigenvalue weighted by Gasteiger charge is -2.26. The SMILES string of the molecule is O=C(Cn1cccn1)N1CCc2onc(Nc3cccc(C(F)(F)F)c3)c2C1. The Morgan fingerprint density at radius 3 is 2.89 bits per heavy atom. The van der Waals surface area contributed by atoms with Crippen LogP contribution in [0.25, 0.3) is 0 Å². The summed E-state index contributed by atoms with van der Waals surface area (Å²) in [6, 6.07) is 6.57. The molecule has 0 saturated carbocycles. The predicted molar refractivity (Wildman–Crippen MR) is 92.6 cm³/mol. The van der Waals surface area contributed by atoms with E-state index in [-0.39, 0.29) is 24.7 Å². The van der Waals surface area contributed by atoms with Crippen molar-refractivity contribution in [2.45, 2.75) is 25.7 Å². The third-order valence-corrected chi connectivity index (χ3v) is 4.49. The van der Waals surface area contributed by atoms with Crippen LogP contribution in [0.5, 0.6) is 0 Å². The highest BCUT2D eigenvalue weighted by Gasteiger charge is 2.31. The fourth-order valence-electron chi connectivity index (χ4n) is 3.06. The molecule has 0 unspecified atom stereocenters. The molecule has 1 amide bonds.